The monoisotopic (exact) mass is 868 g/mol. The Bertz CT molecular complexity index is 2460. The summed E-state index contributed by atoms with van der Waals surface area (Å²) < 4.78 is 6.17. The number of piperidine rings is 4. The molecule has 14 heteroatoms. The van der Waals surface area contributed by atoms with E-state index in [1.54, 1.807) is 18.2 Å². The molecule has 4 aromatic rings. The molecular formula is C49H53ClN8O5. The van der Waals surface area contributed by atoms with Crippen LogP contribution >= 0.6 is 11.6 Å². The number of imide groups is 2. The predicted octanol–water partition coefficient (Wildman–Crippen LogP) is 7.59. The molecule has 0 bridgehead atoms. The number of ether oxygens (including phenoxy) is 1. The zero-order valence-corrected chi connectivity index (χ0v) is 36.7. The van der Waals surface area contributed by atoms with E-state index in [4.69, 9.17) is 27.9 Å². The maximum Gasteiger partial charge on any atom is 0.262 e. The predicted molar refractivity (Wildman–Crippen MR) is 240 cm³/mol. The fraction of sp³-hybridized carbons (Fsp3) is 0.449. The Labute approximate surface area is 373 Å². The van der Waals surface area contributed by atoms with Gasteiger partial charge in [0.05, 0.1) is 23.4 Å². The van der Waals surface area contributed by atoms with Gasteiger partial charge in [0.1, 0.15) is 18.4 Å². The number of anilines is 2. The van der Waals surface area contributed by atoms with Crippen LogP contribution in [0.5, 0.6) is 5.75 Å². The summed E-state index contributed by atoms with van der Waals surface area (Å²) in [5, 5.41) is 2.82. The van der Waals surface area contributed by atoms with Crippen molar-refractivity contribution in [2.45, 2.75) is 83.3 Å². The molecule has 1 spiro atoms. The molecule has 0 saturated carbocycles. The second kappa shape index (κ2) is 17.4. The van der Waals surface area contributed by atoms with E-state index in [1.165, 1.54) is 12.8 Å². The zero-order valence-electron chi connectivity index (χ0n) is 35.9. The van der Waals surface area contributed by atoms with E-state index in [-0.39, 0.29) is 24.2 Å². The van der Waals surface area contributed by atoms with Crippen molar-refractivity contribution in [2.24, 2.45) is 11.3 Å². The molecule has 4 saturated heterocycles. The van der Waals surface area contributed by atoms with E-state index in [0.29, 0.717) is 39.8 Å². The van der Waals surface area contributed by atoms with Gasteiger partial charge in [0.25, 0.3) is 11.8 Å². The van der Waals surface area contributed by atoms with Crippen LogP contribution in [-0.2, 0) is 21.6 Å². The average Bonchev–Trinajstić information content (AvgIpc) is 3.54. The van der Waals surface area contributed by atoms with Gasteiger partial charge in [-0.25, -0.2) is 14.8 Å². The molecular weight excluding hydrogens is 816 g/mol. The van der Waals surface area contributed by atoms with Gasteiger partial charge < -0.3 is 19.4 Å². The molecule has 1 atom stereocenters. The fourth-order valence-corrected chi connectivity index (χ4v) is 10.4. The third-order valence-corrected chi connectivity index (χ3v) is 14.6. The van der Waals surface area contributed by atoms with E-state index in [9.17, 15) is 19.2 Å². The largest absolute Gasteiger partial charge is 0.487 e. The number of aromatic nitrogens is 2. The molecule has 9 rings (SSSR count). The van der Waals surface area contributed by atoms with E-state index >= 15 is 0 Å². The van der Waals surface area contributed by atoms with Crippen LogP contribution in [-0.4, -0.2) is 95.3 Å². The molecule has 1 aromatic heterocycles. The lowest BCUT2D eigenvalue weighted by Gasteiger charge is -2.47. The summed E-state index contributed by atoms with van der Waals surface area (Å²) in [7, 11) is 0. The van der Waals surface area contributed by atoms with Gasteiger partial charge in [0.2, 0.25) is 17.8 Å². The third kappa shape index (κ3) is 8.76. The lowest BCUT2D eigenvalue weighted by molar-refractivity contribution is -0.136. The summed E-state index contributed by atoms with van der Waals surface area (Å²) >= 11 is 6.32. The molecule has 1 unspecified atom stereocenters. The number of nitrogens with one attached hydrogen (secondary N) is 1. The first-order valence-corrected chi connectivity index (χ1v) is 22.6. The molecule has 5 aliphatic rings. The first kappa shape index (κ1) is 42.5. The molecule has 1 N–H and O–H groups in total. The normalized spacial score (nSPS) is 20.8. The van der Waals surface area contributed by atoms with E-state index < -0.39 is 23.8 Å². The SMILES string of the molecule is [C-]#[N+]c1cc(Cl)cc(C(C)(C)c2ccc(OCc3ccnc(N4CCC5(CCN(CC6CCN(c7ccc8c(c7)C(=O)N(C7CCC(=O)NC7=O)C8=O)CC6)CC5)CC4)n3)cc2)c1. The number of carbonyl (C=O) groups is 4. The minimum Gasteiger partial charge on any atom is -0.487 e. The Morgan fingerprint density at radius 2 is 1.54 bits per heavy atom. The minimum absolute atomic E-state index is 0.102. The molecule has 0 aliphatic carbocycles. The maximum atomic E-state index is 13.4. The number of fused-ring (bicyclic) bond motifs is 1. The summed E-state index contributed by atoms with van der Waals surface area (Å²) in [4.78, 5) is 72.1. The molecule has 4 amide bonds. The topological polar surface area (TPSA) is 133 Å². The highest BCUT2D eigenvalue weighted by atomic mass is 35.5. The second-order valence-corrected chi connectivity index (χ2v) is 18.9. The van der Waals surface area contributed by atoms with Crippen LogP contribution < -0.4 is 19.9 Å². The van der Waals surface area contributed by atoms with Gasteiger partial charge in [0, 0.05) is 61.5 Å². The van der Waals surface area contributed by atoms with Gasteiger partial charge in [-0.2, -0.15) is 0 Å². The summed E-state index contributed by atoms with van der Waals surface area (Å²) in [6.45, 7) is 19.0. The Balaban J connectivity index is 0.715. The number of hydrogen-bond acceptors (Lipinski definition) is 10. The van der Waals surface area contributed by atoms with E-state index in [1.807, 2.05) is 42.6 Å². The van der Waals surface area contributed by atoms with Crippen LogP contribution in [0.2, 0.25) is 5.02 Å². The Hall–Kier alpha value is -5.84. The van der Waals surface area contributed by atoms with E-state index in [2.05, 4.69) is 55.8 Å². The van der Waals surface area contributed by atoms with Crippen LogP contribution in [0.1, 0.15) is 103 Å². The smallest absolute Gasteiger partial charge is 0.262 e. The number of likely N-dealkylation sites (tertiary alicyclic amines) is 1. The molecule has 6 heterocycles. The average molecular weight is 869 g/mol. The van der Waals surface area contributed by atoms with Gasteiger partial charge in [-0.15, -0.1) is 0 Å². The van der Waals surface area contributed by atoms with Crippen molar-refractivity contribution in [3.63, 3.8) is 0 Å². The molecule has 4 fully saturated rings. The number of halogens is 1. The van der Waals surface area contributed by atoms with Crippen molar-refractivity contribution >= 4 is 52.6 Å². The van der Waals surface area contributed by atoms with Crippen LogP contribution in [0.15, 0.2) is 72.9 Å². The number of benzene rings is 3. The molecule has 326 valence electrons. The lowest BCUT2D eigenvalue weighted by Crippen LogP contribution is -2.54. The standard InChI is InChI=1S/C49H53ClN8O5/c1-48(2,34-26-35(50)28-37(27-34)51-3)33-4-7-39(8-5-33)63-31-36-12-19-52-47(53-36)57-24-17-49(18-25-57)15-22-55(23-16-49)30-32-13-20-56(21-14-32)38-6-9-40-41(29-38)46(62)58(45(40)61)42-10-11-43(59)54-44(42)60/h4-9,12,19,26-29,32,42H,10-11,13-18,20-25,30-31H2,1-2H3,(H,54,59,60). The highest BCUT2D eigenvalue weighted by molar-refractivity contribution is 6.31. The van der Waals surface area contributed by atoms with Gasteiger partial charge in [-0.1, -0.05) is 43.6 Å². The van der Waals surface area contributed by atoms with E-state index in [0.717, 1.165) is 111 Å². The highest BCUT2D eigenvalue weighted by Gasteiger charge is 2.45. The van der Waals surface area contributed by atoms with Crippen molar-refractivity contribution < 1.29 is 23.9 Å². The minimum atomic E-state index is -0.960. The van der Waals surface area contributed by atoms with Crippen molar-refractivity contribution in [1.29, 1.82) is 0 Å². The summed E-state index contributed by atoms with van der Waals surface area (Å²) in [5.74, 6) is 0.219. The molecule has 63 heavy (non-hydrogen) atoms. The Kier molecular flexibility index (Phi) is 11.7. The van der Waals surface area contributed by atoms with Gasteiger partial charge >= 0.3 is 0 Å². The fourth-order valence-electron chi connectivity index (χ4n) is 10.2. The quantitative estimate of drug-likeness (QED) is 0.126. The summed E-state index contributed by atoms with van der Waals surface area (Å²) in [6.07, 6.45) is 8.91. The number of hydrogen-bond donors (Lipinski definition) is 1. The van der Waals surface area contributed by atoms with Gasteiger partial charge in [-0.05, 0) is 129 Å². The third-order valence-electron chi connectivity index (χ3n) is 14.3. The van der Waals surface area contributed by atoms with Crippen LogP contribution in [0.25, 0.3) is 4.85 Å². The number of amides is 4. The van der Waals surface area contributed by atoms with Crippen molar-refractivity contribution in [2.75, 3.05) is 55.6 Å². The van der Waals surface area contributed by atoms with Crippen molar-refractivity contribution in [3.05, 3.63) is 117 Å². The Morgan fingerprint density at radius 3 is 2.25 bits per heavy atom. The van der Waals surface area contributed by atoms with Crippen LogP contribution in [0.3, 0.4) is 0 Å². The number of nitrogens with zero attached hydrogens (tertiary/aromatic N) is 7. The van der Waals surface area contributed by atoms with Crippen molar-refractivity contribution in [3.8, 4) is 5.75 Å². The van der Waals surface area contributed by atoms with Crippen LogP contribution in [0, 0.1) is 17.9 Å². The second-order valence-electron chi connectivity index (χ2n) is 18.5. The van der Waals surface area contributed by atoms with Gasteiger partial charge in [-0.3, -0.25) is 29.4 Å². The Morgan fingerprint density at radius 1 is 0.825 bits per heavy atom. The molecule has 0 radical (unpaired) electrons. The van der Waals surface area contributed by atoms with Gasteiger partial charge in [0.15, 0.2) is 5.69 Å². The first-order valence-electron chi connectivity index (χ1n) is 22.2. The number of carbonyl (C=O) groups excluding carboxylic acids is 4. The summed E-state index contributed by atoms with van der Waals surface area (Å²) in [6, 6.07) is 20.0. The number of rotatable bonds is 10. The van der Waals surface area contributed by atoms with Crippen molar-refractivity contribution in [1.82, 2.24) is 25.1 Å². The molecule has 5 aliphatic heterocycles. The lowest BCUT2D eigenvalue weighted by atomic mass is 9.71. The maximum absolute atomic E-state index is 13.4. The molecule has 3 aromatic carbocycles. The van der Waals surface area contributed by atoms with Crippen LogP contribution in [0.4, 0.5) is 17.3 Å². The zero-order chi connectivity index (χ0) is 43.9. The summed E-state index contributed by atoms with van der Waals surface area (Å²) in [5.41, 5.74) is 5.05. The first-order chi connectivity index (χ1) is 30.4. The highest BCUT2D eigenvalue weighted by Crippen LogP contribution is 2.43. The molecule has 13 nitrogen and oxygen atoms in total.